The van der Waals surface area contributed by atoms with E-state index in [1.165, 1.54) is 5.56 Å². The fraction of sp³-hybridized carbons (Fsp3) is 0.500. The fourth-order valence-corrected chi connectivity index (χ4v) is 2.43. The van der Waals surface area contributed by atoms with E-state index in [1.807, 2.05) is 38.1 Å². The Kier molecular flexibility index (Phi) is 6.49. The summed E-state index contributed by atoms with van der Waals surface area (Å²) in [5, 5.41) is 20.2. The smallest absolute Gasteiger partial charge is 0.247 e. The van der Waals surface area contributed by atoms with E-state index in [-0.39, 0.29) is 17.9 Å². The van der Waals surface area contributed by atoms with E-state index < -0.39 is 0 Å². The molecule has 6 heteroatoms. The third kappa shape index (κ3) is 5.77. The molecule has 0 spiro atoms. The molecule has 1 heterocycles. The van der Waals surface area contributed by atoms with Gasteiger partial charge in [-0.2, -0.15) is 0 Å². The van der Waals surface area contributed by atoms with Crippen LogP contribution >= 0.6 is 0 Å². The van der Waals surface area contributed by atoms with Gasteiger partial charge >= 0.3 is 0 Å². The lowest BCUT2D eigenvalue weighted by molar-refractivity contribution is -0.121. The van der Waals surface area contributed by atoms with E-state index in [2.05, 4.69) is 15.5 Å². The van der Waals surface area contributed by atoms with E-state index in [0.717, 1.165) is 5.56 Å². The van der Waals surface area contributed by atoms with Crippen LogP contribution in [0.25, 0.3) is 11.5 Å². The van der Waals surface area contributed by atoms with Crippen LogP contribution in [0.3, 0.4) is 0 Å². The van der Waals surface area contributed by atoms with E-state index in [4.69, 9.17) is 4.42 Å². The van der Waals surface area contributed by atoms with Gasteiger partial charge in [0, 0.05) is 24.9 Å². The molecule has 2 unspecified atom stereocenters. The fourth-order valence-electron chi connectivity index (χ4n) is 2.43. The summed E-state index contributed by atoms with van der Waals surface area (Å²) in [4.78, 5) is 11.9. The summed E-state index contributed by atoms with van der Waals surface area (Å²) in [6, 6.07) is 7.84. The molecule has 0 saturated carbocycles. The van der Waals surface area contributed by atoms with E-state index in [9.17, 15) is 9.90 Å². The molecule has 1 amide bonds. The van der Waals surface area contributed by atoms with Crippen molar-refractivity contribution < 1.29 is 14.3 Å². The van der Waals surface area contributed by atoms with Gasteiger partial charge in [-0.05, 0) is 38.3 Å². The number of amides is 1. The number of hydrogen-bond donors (Lipinski definition) is 2. The predicted molar refractivity (Wildman–Crippen MR) is 91.3 cm³/mol. The van der Waals surface area contributed by atoms with Crippen LogP contribution in [0.4, 0.5) is 0 Å². The molecule has 0 aliphatic carbocycles. The number of benzene rings is 1. The summed E-state index contributed by atoms with van der Waals surface area (Å²) in [7, 11) is 0. The molecule has 2 aromatic rings. The van der Waals surface area contributed by atoms with Crippen molar-refractivity contribution in [3.05, 3.63) is 35.7 Å². The van der Waals surface area contributed by atoms with Crippen LogP contribution in [0, 0.1) is 12.8 Å². The zero-order chi connectivity index (χ0) is 17.5. The zero-order valence-corrected chi connectivity index (χ0v) is 14.5. The number of aliphatic hydroxyl groups is 1. The highest BCUT2D eigenvalue weighted by atomic mass is 16.4. The Bertz CT molecular complexity index is 650. The van der Waals surface area contributed by atoms with E-state index in [1.54, 1.807) is 6.92 Å². The number of aromatic nitrogens is 2. The van der Waals surface area contributed by atoms with Crippen LogP contribution in [-0.4, -0.2) is 33.9 Å². The van der Waals surface area contributed by atoms with Crippen LogP contribution in [-0.2, 0) is 11.2 Å². The van der Waals surface area contributed by atoms with Crippen LogP contribution < -0.4 is 5.32 Å². The molecule has 24 heavy (non-hydrogen) atoms. The molecule has 130 valence electrons. The summed E-state index contributed by atoms with van der Waals surface area (Å²) in [5.74, 6) is 1.11. The minimum absolute atomic E-state index is 0.0532. The third-order valence-electron chi connectivity index (χ3n) is 3.72. The Morgan fingerprint density at radius 2 is 1.96 bits per heavy atom. The van der Waals surface area contributed by atoms with Crippen molar-refractivity contribution >= 4 is 5.91 Å². The minimum atomic E-state index is -0.351. The lowest BCUT2D eigenvalue weighted by Crippen LogP contribution is -2.29. The second-order valence-electron chi connectivity index (χ2n) is 6.36. The molecule has 0 aliphatic heterocycles. The molecule has 0 fully saturated rings. The number of aliphatic hydroxyl groups excluding tert-OH is 1. The maximum Gasteiger partial charge on any atom is 0.247 e. The van der Waals surface area contributed by atoms with Crippen LogP contribution in [0.1, 0.15) is 38.1 Å². The molecule has 0 aliphatic rings. The van der Waals surface area contributed by atoms with Gasteiger partial charge in [0.2, 0.25) is 17.7 Å². The third-order valence-corrected chi connectivity index (χ3v) is 3.72. The lowest BCUT2D eigenvalue weighted by atomic mass is 10.0. The molecular weight excluding hydrogens is 306 g/mol. The van der Waals surface area contributed by atoms with Gasteiger partial charge in [-0.3, -0.25) is 4.79 Å². The Hall–Kier alpha value is -2.21. The van der Waals surface area contributed by atoms with Crippen molar-refractivity contribution in [2.45, 2.75) is 46.1 Å². The molecule has 0 radical (unpaired) electrons. The molecular formula is C18H25N3O3. The highest BCUT2D eigenvalue weighted by Crippen LogP contribution is 2.18. The van der Waals surface area contributed by atoms with Gasteiger partial charge in [0.05, 0.1) is 6.10 Å². The molecule has 1 aromatic heterocycles. The maximum atomic E-state index is 11.9. The Morgan fingerprint density at radius 1 is 1.25 bits per heavy atom. The number of hydrogen-bond acceptors (Lipinski definition) is 5. The van der Waals surface area contributed by atoms with Crippen molar-refractivity contribution in [2.24, 2.45) is 5.92 Å². The number of nitrogens with zero attached hydrogens (tertiary/aromatic N) is 2. The monoisotopic (exact) mass is 331 g/mol. The SMILES string of the molecule is Cc1ccc(-c2nnc(CCC(=O)NCC(C)CC(C)O)o2)cc1. The molecule has 0 saturated heterocycles. The first-order chi connectivity index (χ1) is 11.4. The highest BCUT2D eigenvalue weighted by molar-refractivity contribution is 5.76. The van der Waals surface area contributed by atoms with Crippen LogP contribution in [0.15, 0.2) is 28.7 Å². The standard InChI is InChI=1S/C18H25N3O3/c1-12-4-6-15(7-5-12)18-21-20-17(24-18)9-8-16(23)19-11-13(2)10-14(3)22/h4-7,13-14,22H,8-11H2,1-3H3,(H,19,23). The van der Waals surface area contributed by atoms with E-state index in [0.29, 0.717) is 37.6 Å². The Balaban J connectivity index is 1.78. The molecule has 2 atom stereocenters. The van der Waals surface area contributed by atoms with Gasteiger partial charge in [0.15, 0.2) is 0 Å². The maximum absolute atomic E-state index is 11.9. The number of nitrogens with one attached hydrogen (secondary N) is 1. The van der Waals surface area contributed by atoms with Crippen molar-refractivity contribution in [3.8, 4) is 11.5 Å². The first kappa shape index (κ1) is 18.1. The molecule has 2 N–H and O–H groups in total. The zero-order valence-electron chi connectivity index (χ0n) is 14.5. The van der Waals surface area contributed by atoms with Gasteiger partial charge < -0.3 is 14.8 Å². The second kappa shape index (κ2) is 8.59. The molecule has 0 bridgehead atoms. The van der Waals surface area contributed by atoms with Crippen molar-refractivity contribution in [3.63, 3.8) is 0 Å². The Labute approximate surface area is 142 Å². The summed E-state index contributed by atoms with van der Waals surface area (Å²) < 4.78 is 5.60. The first-order valence-corrected chi connectivity index (χ1v) is 8.28. The van der Waals surface area contributed by atoms with Crippen molar-refractivity contribution in [1.82, 2.24) is 15.5 Å². The summed E-state index contributed by atoms with van der Waals surface area (Å²) in [5.41, 5.74) is 2.04. The number of carbonyl (C=O) groups is 1. The number of aryl methyl sites for hydroxylation is 2. The second-order valence-corrected chi connectivity index (χ2v) is 6.36. The summed E-state index contributed by atoms with van der Waals surface area (Å²) in [6.45, 7) is 6.32. The topological polar surface area (TPSA) is 88.2 Å². The van der Waals surface area contributed by atoms with E-state index >= 15 is 0 Å². The largest absolute Gasteiger partial charge is 0.421 e. The van der Waals surface area contributed by atoms with Gasteiger partial charge in [0.25, 0.3) is 0 Å². The predicted octanol–water partition coefficient (Wildman–Crippen LogP) is 2.50. The normalized spacial score (nSPS) is 13.5. The quantitative estimate of drug-likeness (QED) is 0.776. The van der Waals surface area contributed by atoms with Crippen molar-refractivity contribution in [1.29, 1.82) is 0 Å². The number of rotatable bonds is 8. The number of carbonyl (C=O) groups excluding carboxylic acids is 1. The van der Waals surface area contributed by atoms with Crippen LogP contribution in [0.2, 0.25) is 0 Å². The van der Waals surface area contributed by atoms with Crippen molar-refractivity contribution in [2.75, 3.05) is 6.54 Å². The molecule has 6 nitrogen and oxygen atoms in total. The Morgan fingerprint density at radius 3 is 2.62 bits per heavy atom. The molecule has 2 rings (SSSR count). The first-order valence-electron chi connectivity index (χ1n) is 8.28. The summed E-state index contributed by atoms with van der Waals surface area (Å²) >= 11 is 0. The lowest BCUT2D eigenvalue weighted by Gasteiger charge is -2.13. The van der Waals surface area contributed by atoms with Crippen LogP contribution in [0.5, 0.6) is 0 Å². The minimum Gasteiger partial charge on any atom is -0.421 e. The van der Waals surface area contributed by atoms with Gasteiger partial charge in [-0.25, -0.2) is 0 Å². The van der Waals surface area contributed by atoms with Gasteiger partial charge in [-0.1, -0.05) is 24.6 Å². The average Bonchev–Trinajstić information content (AvgIpc) is 3.00. The average molecular weight is 331 g/mol. The van der Waals surface area contributed by atoms with Gasteiger partial charge in [-0.15, -0.1) is 10.2 Å². The molecule has 1 aromatic carbocycles. The summed E-state index contributed by atoms with van der Waals surface area (Å²) in [6.07, 6.45) is 1.03. The van der Waals surface area contributed by atoms with Gasteiger partial charge in [0.1, 0.15) is 0 Å². The highest BCUT2D eigenvalue weighted by Gasteiger charge is 2.12.